The molecule has 1 aromatic rings. The van der Waals surface area contributed by atoms with E-state index in [1.54, 1.807) is 20.8 Å². The van der Waals surface area contributed by atoms with Gasteiger partial charge in [-0.2, -0.15) is 0 Å². The van der Waals surface area contributed by atoms with E-state index in [0.717, 1.165) is 0 Å². The number of aromatic nitrogens is 2. The van der Waals surface area contributed by atoms with Crippen LogP contribution in [-0.4, -0.2) is 16.0 Å². The quantitative estimate of drug-likeness (QED) is 0.601. The normalized spacial score (nSPS) is 10.5. The molecule has 0 aliphatic rings. The standard InChI is InChI=1S/C7H10N2O2/c1-4(2)6(10)7-9-8-5(3)11-7/h4H,1-3H3. The van der Waals surface area contributed by atoms with Crippen molar-refractivity contribution in [3.63, 3.8) is 0 Å². The van der Waals surface area contributed by atoms with Crippen LogP contribution in [0.5, 0.6) is 0 Å². The third-order valence-corrected chi connectivity index (χ3v) is 1.26. The molecule has 0 aliphatic carbocycles. The number of carbonyl (C=O) groups is 1. The Bertz CT molecular complexity index is 265. The van der Waals surface area contributed by atoms with Crippen LogP contribution < -0.4 is 0 Å². The average molecular weight is 154 g/mol. The van der Waals surface area contributed by atoms with Crippen LogP contribution in [0.1, 0.15) is 30.4 Å². The van der Waals surface area contributed by atoms with E-state index in [-0.39, 0.29) is 17.6 Å². The molecule has 0 aliphatic heterocycles. The van der Waals surface area contributed by atoms with Crippen molar-refractivity contribution in [3.8, 4) is 0 Å². The van der Waals surface area contributed by atoms with Crippen molar-refractivity contribution < 1.29 is 9.21 Å². The minimum absolute atomic E-state index is 0.0881. The van der Waals surface area contributed by atoms with Gasteiger partial charge in [-0.15, -0.1) is 10.2 Å². The van der Waals surface area contributed by atoms with Crippen LogP contribution in [0, 0.1) is 12.8 Å². The van der Waals surface area contributed by atoms with Gasteiger partial charge in [0, 0.05) is 12.8 Å². The lowest BCUT2D eigenvalue weighted by Gasteiger charge is -1.95. The summed E-state index contributed by atoms with van der Waals surface area (Å²) < 4.78 is 4.93. The van der Waals surface area contributed by atoms with E-state index in [4.69, 9.17) is 4.42 Å². The van der Waals surface area contributed by atoms with E-state index in [1.807, 2.05) is 0 Å². The molecule has 1 rings (SSSR count). The zero-order chi connectivity index (χ0) is 8.43. The van der Waals surface area contributed by atoms with Crippen LogP contribution >= 0.6 is 0 Å². The minimum Gasteiger partial charge on any atom is -0.419 e. The zero-order valence-corrected chi connectivity index (χ0v) is 6.79. The topological polar surface area (TPSA) is 56.0 Å². The second kappa shape index (κ2) is 2.82. The summed E-state index contributed by atoms with van der Waals surface area (Å²) in [6.45, 7) is 5.24. The second-order valence-corrected chi connectivity index (χ2v) is 2.65. The lowest BCUT2D eigenvalue weighted by molar-refractivity contribution is 0.0903. The fraction of sp³-hybridized carbons (Fsp3) is 0.571. The number of Topliss-reactive ketones (excluding diaryl/α,β-unsaturated/α-hetero) is 1. The molecule has 1 aromatic heterocycles. The van der Waals surface area contributed by atoms with Crippen LogP contribution in [0.15, 0.2) is 4.42 Å². The SMILES string of the molecule is Cc1nnc(C(=O)C(C)C)o1. The largest absolute Gasteiger partial charge is 0.419 e. The highest BCUT2D eigenvalue weighted by molar-refractivity contribution is 5.92. The Hall–Kier alpha value is -1.19. The molecule has 0 N–H and O–H groups in total. The Labute approximate surface area is 64.6 Å². The highest BCUT2D eigenvalue weighted by Crippen LogP contribution is 2.05. The van der Waals surface area contributed by atoms with Gasteiger partial charge in [-0.05, 0) is 0 Å². The maximum absolute atomic E-state index is 11.2. The zero-order valence-electron chi connectivity index (χ0n) is 6.79. The first-order valence-electron chi connectivity index (χ1n) is 3.45. The molecule has 4 heteroatoms. The second-order valence-electron chi connectivity index (χ2n) is 2.65. The summed E-state index contributed by atoms with van der Waals surface area (Å²) in [5.41, 5.74) is 0. The molecule has 0 spiro atoms. The molecular formula is C7H10N2O2. The van der Waals surface area contributed by atoms with Gasteiger partial charge in [0.15, 0.2) is 0 Å². The van der Waals surface area contributed by atoms with E-state index < -0.39 is 0 Å². The molecule has 0 atom stereocenters. The molecule has 0 saturated heterocycles. The third kappa shape index (κ3) is 1.63. The Balaban J connectivity index is 2.85. The van der Waals surface area contributed by atoms with E-state index in [2.05, 4.69) is 10.2 Å². The van der Waals surface area contributed by atoms with E-state index in [0.29, 0.717) is 5.89 Å². The highest BCUT2D eigenvalue weighted by Gasteiger charge is 2.16. The van der Waals surface area contributed by atoms with Gasteiger partial charge in [-0.25, -0.2) is 0 Å². The molecule has 0 fully saturated rings. The lowest BCUT2D eigenvalue weighted by atomic mass is 10.1. The van der Waals surface area contributed by atoms with Gasteiger partial charge < -0.3 is 4.42 Å². The van der Waals surface area contributed by atoms with Crippen LogP contribution in [0.4, 0.5) is 0 Å². The van der Waals surface area contributed by atoms with Crippen molar-refractivity contribution in [2.75, 3.05) is 0 Å². The van der Waals surface area contributed by atoms with Gasteiger partial charge in [-0.1, -0.05) is 13.8 Å². The summed E-state index contributed by atoms with van der Waals surface area (Å²) in [6, 6.07) is 0. The van der Waals surface area contributed by atoms with Crippen molar-refractivity contribution in [3.05, 3.63) is 11.8 Å². The summed E-state index contributed by atoms with van der Waals surface area (Å²) >= 11 is 0. The molecular weight excluding hydrogens is 144 g/mol. The molecule has 0 bridgehead atoms. The summed E-state index contributed by atoms with van der Waals surface area (Å²) in [4.78, 5) is 11.2. The molecule has 60 valence electrons. The maximum Gasteiger partial charge on any atom is 0.284 e. The number of aryl methyl sites for hydroxylation is 1. The molecule has 11 heavy (non-hydrogen) atoms. The fourth-order valence-electron chi connectivity index (χ4n) is 0.643. The predicted octanol–water partition coefficient (Wildman–Crippen LogP) is 1.22. The Kier molecular flexibility index (Phi) is 2.03. The molecule has 0 amide bonds. The number of ketones is 1. The van der Waals surface area contributed by atoms with E-state index in [1.165, 1.54) is 0 Å². The number of carbonyl (C=O) groups excluding carboxylic acids is 1. The summed E-state index contributed by atoms with van der Waals surface area (Å²) in [7, 11) is 0. The first kappa shape index (κ1) is 7.91. The van der Waals surface area contributed by atoms with Crippen LogP contribution in [0.25, 0.3) is 0 Å². The Morgan fingerprint density at radius 3 is 2.45 bits per heavy atom. The lowest BCUT2D eigenvalue weighted by Crippen LogP contribution is -2.07. The van der Waals surface area contributed by atoms with Crippen molar-refractivity contribution in [2.45, 2.75) is 20.8 Å². The van der Waals surface area contributed by atoms with Crippen LogP contribution in [0.3, 0.4) is 0 Å². The summed E-state index contributed by atoms with van der Waals surface area (Å²) in [5.74, 6) is 0.340. The van der Waals surface area contributed by atoms with Crippen LogP contribution in [-0.2, 0) is 0 Å². The summed E-state index contributed by atoms with van der Waals surface area (Å²) in [5, 5.41) is 7.15. The molecule has 4 nitrogen and oxygen atoms in total. The highest BCUT2D eigenvalue weighted by atomic mass is 16.4. The number of nitrogens with zero attached hydrogens (tertiary/aromatic N) is 2. The van der Waals surface area contributed by atoms with Gasteiger partial charge in [0.2, 0.25) is 11.7 Å². The first-order valence-corrected chi connectivity index (χ1v) is 3.45. The Morgan fingerprint density at radius 2 is 2.09 bits per heavy atom. The number of hydrogen-bond acceptors (Lipinski definition) is 4. The van der Waals surface area contributed by atoms with Gasteiger partial charge in [0.05, 0.1) is 0 Å². The number of rotatable bonds is 2. The van der Waals surface area contributed by atoms with Crippen molar-refractivity contribution in [2.24, 2.45) is 5.92 Å². The van der Waals surface area contributed by atoms with Crippen molar-refractivity contribution in [1.82, 2.24) is 10.2 Å². The Morgan fingerprint density at radius 1 is 1.45 bits per heavy atom. The summed E-state index contributed by atoms with van der Waals surface area (Å²) in [6.07, 6.45) is 0. The van der Waals surface area contributed by atoms with Crippen molar-refractivity contribution in [1.29, 1.82) is 0 Å². The monoisotopic (exact) mass is 154 g/mol. The third-order valence-electron chi connectivity index (χ3n) is 1.26. The molecule has 0 saturated carbocycles. The van der Waals surface area contributed by atoms with Gasteiger partial charge in [0.1, 0.15) is 0 Å². The van der Waals surface area contributed by atoms with Gasteiger partial charge >= 0.3 is 0 Å². The molecule has 0 aromatic carbocycles. The average Bonchev–Trinajstić information content (AvgIpc) is 2.34. The van der Waals surface area contributed by atoms with Gasteiger partial charge in [-0.3, -0.25) is 4.79 Å². The van der Waals surface area contributed by atoms with Crippen molar-refractivity contribution >= 4 is 5.78 Å². The van der Waals surface area contributed by atoms with E-state index >= 15 is 0 Å². The minimum atomic E-state index is -0.106. The van der Waals surface area contributed by atoms with Gasteiger partial charge in [0.25, 0.3) is 5.89 Å². The smallest absolute Gasteiger partial charge is 0.284 e. The molecule has 0 unspecified atom stereocenters. The fourth-order valence-corrected chi connectivity index (χ4v) is 0.643. The van der Waals surface area contributed by atoms with E-state index in [9.17, 15) is 4.79 Å². The van der Waals surface area contributed by atoms with Crippen LogP contribution in [0.2, 0.25) is 0 Å². The molecule has 1 heterocycles. The maximum atomic E-state index is 11.2. The predicted molar refractivity (Wildman–Crippen MR) is 38.2 cm³/mol. The first-order chi connectivity index (χ1) is 5.11. The molecule has 0 radical (unpaired) electrons. The number of hydrogen-bond donors (Lipinski definition) is 0.